The Morgan fingerprint density at radius 2 is 2.29 bits per heavy atom. The number of aromatic nitrogens is 2. The van der Waals surface area contributed by atoms with E-state index in [1.165, 1.54) is 7.11 Å². The van der Waals surface area contributed by atoms with Gasteiger partial charge in [-0.3, -0.25) is 4.57 Å². The molecule has 0 radical (unpaired) electrons. The van der Waals surface area contributed by atoms with E-state index in [1.807, 2.05) is 20.8 Å². The van der Waals surface area contributed by atoms with Gasteiger partial charge in [-0.05, 0) is 11.4 Å². The van der Waals surface area contributed by atoms with E-state index < -0.39 is 6.72 Å². The number of nitrogens with one attached hydrogen (secondary N) is 1. The Kier molecular flexibility index (Phi) is 5.66. The summed E-state index contributed by atoms with van der Waals surface area (Å²) in [5.41, 5.74) is 0. The second kappa shape index (κ2) is 6.54. The summed E-state index contributed by atoms with van der Waals surface area (Å²) < 4.78 is 22.1. The normalized spacial score (nSPS) is 15.1. The lowest BCUT2D eigenvalue weighted by atomic mass is 10.2. The average Bonchev–Trinajstić information content (AvgIpc) is 2.76. The maximum atomic E-state index is 12.0. The van der Waals surface area contributed by atoms with Crippen LogP contribution in [0.2, 0.25) is 0 Å². The van der Waals surface area contributed by atoms with Gasteiger partial charge in [0.1, 0.15) is 0 Å². The molecule has 0 amide bonds. The molecule has 0 aliphatic heterocycles. The van der Waals surface area contributed by atoms with E-state index in [4.69, 9.17) is 9.05 Å². The van der Waals surface area contributed by atoms with Crippen LogP contribution < -0.4 is 5.09 Å². The molecule has 0 aromatic carbocycles. The first-order valence-corrected chi connectivity index (χ1v) is 8.60. The minimum Gasteiger partial charge on any atom is -0.338 e. The van der Waals surface area contributed by atoms with Crippen molar-refractivity contribution in [1.82, 2.24) is 15.2 Å². The molecule has 17 heavy (non-hydrogen) atoms. The van der Waals surface area contributed by atoms with Gasteiger partial charge in [0.15, 0.2) is 5.82 Å². The fraction of sp³-hybridized carbons (Fsp3) is 0.778. The Hall–Kier alpha value is -0.360. The first-order chi connectivity index (χ1) is 8.00. The zero-order chi connectivity index (χ0) is 12.9. The van der Waals surface area contributed by atoms with E-state index in [0.29, 0.717) is 24.0 Å². The number of rotatable bonds is 7. The minimum absolute atomic E-state index is 0.223. The third-order valence-corrected chi connectivity index (χ3v) is 6.09. The van der Waals surface area contributed by atoms with Crippen LogP contribution in [0.4, 0.5) is 0 Å². The zero-order valence-corrected chi connectivity index (χ0v) is 12.2. The molecule has 1 rings (SSSR count). The lowest BCUT2D eigenvalue weighted by molar-refractivity contribution is 0.382. The van der Waals surface area contributed by atoms with Crippen molar-refractivity contribution in [3.63, 3.8) is 0 Å². The highest BCUT2D eigenvalue weighted by Crippen LogP contribution is 2.56. The van der Waals surface area contributed by atoms with Crippen molar-refractivity contribution >= 4 is 18.1 Å². The molecule has 1 aromatic heterocycles. The molecular formula is C9H18N3O3PS. The van der Waals surface area contributed by atoms with Crippen molar-refractivity contribution in [2.75, 3.05) is 13.7 Å². The van der Waals surface area contributed by atoms with Crippen LogP contribution in [0.25, 0.3) is 0 Å². The molecule has 0 bridgehead atoms. The van der Waals surface area contributed by atoms with Gasteiger partial charge in [0.2, 0.25) is 5.89 Å². The van der Waals surface area contributed by atoms with Crippen LogP contribution in [0.1, 0.15) is 38.4 Å². The summed E-state index contributed by atoms with van der Waals surface area (Å²) in [5.74, 6) is 1.73. The van der Waals surface area contributed by atoms with E-state index in [-0.39, 0.29) is 5.92 Å². The van der Waals surface area contributed by atoms with Crippen molar-refractivity contribution in [2.24, 2.45) is 0 Å². The molecule has 1 heterocycles. The van der Waals surface area contributed by atoms with Crippen LogP contribution in [-0.2, 0) is 14.8 Å². The highest BCUT2D eigenvalue weighted by atomic mass is 32.7. The summed E-state index contributed by atoms with van der Waals surface area (Å²) in [7, 11) is 1.42. The maximum absolute atomic E-state index is 12.0. The van der Waals surface area contributed by atoms with Gasteiger partial charge >= 0.3 is 6.72 Å². The van der Waals surface area contributed by atoms with Crippen molar-refractivity contribution in [2.45, 2.75) is 32.4 Å². The second-order valence-corrected chi connectivity index (χ2v) is 8.11. The van der Waals surface area contributed by atoms with Crippen molar-refractivity contribution in [1.29, 1.82) is 0 Å². The standard InChI is InChI=1S/C9H18N3O3PS/c1-5-10-16(13,14-4)17-6-8-11-9(7(2)3)12-15-8/h7H,5-6H2,1-4H3,(H,10,13). The molecule has 0 saturated carbocycles. The first-order valence-electron chi connectivity index (χ1n) is 5.38. The smallest absolute Gasteiger partial charge is 0.326 e. The first kappa shape index (κ1) is 14.7. The Labute approximate surface area is 105 Å². The Morgan fingerprint density at radius 1 is 1.59 bits per heavy atom. The van der Waals surface area contributed by atoms with E-state index >= 15 is 0 Å². The Bertz CT molecular complexity index is 397. The van der Waals surface area contributed by atoms with Gasteiger partial charge in [0, 0.05) is 19.6 Å². The molecule has 0 aliphatic carbocycles. The van der Waals surface area contributed by atoms with Crippen LogP contribution in [0.5, 0.6) is 0 Å². The Balaban J connectivity index is 2.57. The molecule has 6 nitrogen and oxygen atoms in total. The molecule has 0 saturated heterocycles. The number of nitrogens with zero attached hydrogens (tertiary/aromatic N) is 2. The van der Waals surface area contributed by atoms with Gasteiger partial charge in [-0.1, -0.05) is 25.9 Å². The van der Waals surface area contributed by atoms with Crippen LogP contribution in [0.3, 0.4) is 0 Å². The number of hydrogen-bond donors (Lipinski definition) is 1. The van der Waals surface area contributed by atoms with Gasteiger partial charge in [0.05, 0.1) is 5.75 Å². The molecule has 1 N–H and O–H groups in total. The van der Waals surface area contributed by atoms with Gasteiger partial charge in [-0.2, -0.15) is 4.98 Å². The fourth-order valence-corrected chi connectivity index (χ4v) is 3.99. The predicted octanol–water partition coefficient (Wildman–Crippen LogP) is 2.79. The van der Waals surface area contributed by atoms with Crippen LogP contribution in [-0.4, -0.2) is 23.8 Å². The van der Waals surface area contributed by atoms with Crippen LogP contribution in [0.15, 0.2) is 4.52 Å². The molecular weight excluding hydrogens is 261 g/mol. The lowest BCUT2D eigenvalue weighted by Gasteiger charge is -2.13. The van der Waals surface area contributed by atoms with Crippen molar-refractivity contribution in [3.8, 4) is 0 Å². The molecule has 0 fully saturated rings. The Morgan fingerprint density at radius 3 is 2.76 bits per heavy atom. The van der Waals surface area contributed by atoms with Crippen LogP contribution >= 0.6 is 18.1 Å². The highest BCUT2D eigenvalue weighted by molar-refractivity contribution is 8.55. The zero-order valence-electron chi connectivity index (χ0n) is 10.5. The monoisotopic (exact) mass is 279 g/mol. The molecule has 0 spiro atoms. The topological polar surface area (TPSA) is 77.2 Å². The highest BCUT2D eigenvalue weighted by Gasteiger charge is 2.22. The molecule has 1 atom stereocenters. The molecule has 1 aromatic rings. The average molecular weight is 279 g/mol. The summed E-state index contributed by atoms with van der Waals surface area (Å²) >= 11 is 1.15. The molecule has 8 heteroatoms. The van der Waals surface area contributed by atoms with Crippen molar-refractivity contribution < 1.29 is 13.6 Å². The third-order valence-electron chi connectivity index (χ3n) is 1.95. The summed E-state index contributed by atoms with van der Waals surface area (Å²) in [4.78, 5) is 4.20. The summed E-state index contributed by atoms with van der Waals surface area (Å²) in [6.07, 6.45) is 0. The third kappa shape index (κ3) is 4.43. The van der Waals surface area contributed by atoms with E-state index in [2.05, 4.69) is 15.2 Å². The maximum Gasteiger partial charge on any atom is 0.326 e. The molecule has 98 valence electrons. The van der Waals surface area contributed by atoms with E-state index in [1.54, 1.807) is 0 Å². The summed E-state index contributed by atoms with van der Waals surface area (Å²) in [5, 5.41) is 6.65. The van der Waals surface area contributed by atoms with E-state index in [0.717, 1.165) is 11.4 Å². The predicted molar refractivity (Wildman–Crippen MR) is 68.0 cm³/mol. The summed E-state index contributed by atoms with van der Waals surface area (Å²) in [6.45, 7) is 3.59. The minimum atomic E-state index is -2.84. The van der Waals surface area contributed by atoms with Gasteiger partial charge < -0.3 is 9.05 Å². The lowest BCUT2D eigenvalue weighted by Crippen LogP contribution is -2.08. The molecule has 0 aliphatic rings. The van der Waals surface area contributed by atoms with Gasteiger partial charge in [0.25, 0.3) is 0 Å². The number of hydrogen-bond acceptors (Lipinski definition) is 6. The fourth-order valence-electron chi connectivity index (χ4n) is 1.06. The van der Waals surface area contributed by atoms with Crippen molar-refractivity contribution in [3.05, 3.63) is 11.7 Å². The molecule has 1 unspecified atom stereocenters. The largest absolute Gasteiger partial charge is 0.338 e. The van der Waals surface area contributed by atoms with E-state index in [9.17, 15) is 4.57 Å². The second-order valence-electron chi connectivity index (χ2n) is 3.67. The quantitative estimate of drug-likeness (QED) is 0.769. The van der Waals surface area contributed by atoms with Gasteiger partial charge in [-0.25, -0.2) is 5.09 Å². The SMILES string of the molecule is CCNP(=O)(OC)SCc1nc(C(C)C)no1. The van der Waals surface area contributed by atoms with Crippen LogP contribution in [0, 0.1) is 0 Å². The van der Waals surface area contributed by atoms with Gasteiger partial charge in [-0.15, -0.1) is 0 Å². The summed E-state index contributed by atoms with van der Waals surface area (Å²) in [6, 6.07) is 0.